The van der Waals surface area contributed by atoms with Gasteiger partial charge in [-0.3, -0.25) is 0 Å². The molecule has 0 bridgehead atoms. The summed E-state index contributed by atoms with van der Waals surface area (Å²) in [5.41, 5.74) is 9.06. The lowest BCUT2D eigenvalue weighted by Crippen LogP contribution is -2.35. The number of fused-ring (bicyclic) bond motifs is 1. The Hall–Kier alpha value is -0.820. The fourth-order valence-corrected chi connectivity index (χ4v) is 2.34. The van der Waals surface area contributed by atoms with Crippen molar-refractivity contribution >= 4 is 0 Å². The Balaban J connectivity index is 2.48. The fourth-order valence-electron chi connectivity index (χ4n) is 2.34. The van der Waals surface area contributed by atoms with Gasteiger partial charge >= 0.3 is 0 Å². The van der Waals surface area contributed by atoms with Crippen LogP contribution in [0.25, 0.3) is 0 Å². The maximum Gasteiger partial charge on any atom is 0.00501 e. The summed E-state index contributed by atoms with van der Waals surface area (Å²) in [6, 6.07) is 8.73. The van der Waals surface area contributed by atoms with Crippen molar-refractivity contribution in [1.82, 2.24) is 0 Å². The van der Waals surface area contributed by atoms with Crippen molar-refractivity contribution in [3.63, 3.8) is 0 Å². The molecule has 1 aromatic rings. The first kappa shape index (κ1) is 8.76. The lowest BCUT2D eigenvalue weighted by molar-refractivity contribution is 0.404. The summed E-state index contributed by atoms with van der Waals surface area (Å²) in [7, 11) is 0. The number of rotatable bonds is 1. The summed E-state index contributed by atoms with van der Waals surface area (Å²) in [6.07, 6.45) is 3.75. The maximum absolute atomic E-state index is 5.85. The second-order valence-electron chi connectivity index (χ2n) is 4.28. The second kappa shape index (κ2) is 3.15. The lowest BCUT2D eigenvalue weighted by Gasteiger charge is -2.34. The first-order valence-electron chi connectivity index (χ1n) is 5.05. The van der Waals surface area contributed by atoms with Gasteiger partial charge in [-0.05, 0) is 30.4 Å². The second-order valence-corrected chi connectivity index (χ2v) is 4.28. The quantitative estimate of drug-likeness (QED) is 0.696. The van der Waals surface area contributed by atoms with Crippen LogP contribution in [0.5, 0.6) is 0 Å². The average Bonchev–Trinajstić information content (AvgIpc) is 2.19. The average molecular weight is 175 g/mol. The fraction of sp³-hybridized carbons (Fsp3) is 0.500. The molecule has 70 valence electrons. The van der Waals surface area contributed by atoms with Crippen LogP contribution in [0.1, 0.15) is 30.9 Å². The Kier molecular flexibility index (Phi) is 2.12. The van der Waals surface area contributed by atoms with Crippen molar-refractivity contribution in [3.05, 3.63) is 35.4 Å². The standard InChI is InChI=1S/C12H17N/c1-12(9-13)8-4-6-10-5-2-3-7-11(10)12/h2-3,5,7H,4,6,8-9,13H2,1H3. The van der Waals surface area contributed by atoms with Gasteiger partial charge in [0.15, 0.2) is 0 Å². The number of hydrogen-bond donors (Lipinski definition) is 1. The molecule has 0 fully saturated rings. The Morgan fingerprint density at radius 3 is 2.92 bits per heavy atom. The van der Waals surface area contributed by atoms with Crippen LogP contribution >= 0.6 is 0 Å². The molecule has 0 aliphatic heterocycles. The predicted octanol–water partition coefficient (Wildman–Crippen LogP) is 2.24. The van der Waals surface area contributed by atoms with Gasteiger partial charge in [0.1, 0.15) is 0 Å². The van der Waals surface area contributed by atoms with E-state index in [9.17, 15) is 0 Å². The van der Waals surface area contributed by atoms with E-state index in [1.54, 1.807) is 0 Å². The maximum atomic E-state index is 5.85. The molecule has 1 nitrogen and oxygen atoms in total. The smallest absolute Gasteiger partial charge is 0.00501 e. The molecule has 1 aliphatic carbocycles. The molecule has 0 saturated heterocycles. The molecule has 2 N–H and O–H groups in total. The third kappa shape index (κ3) is 1.37. The van der Waals surface area contributed by atoms with Crippen LogP contribution in [0, 0.1) is 0 Å². The SMILES string of the molecule is CC1(CN)CCCc2ccccc21. The summed E-state index contributed by atoms with van der Waals surface area (Å²) in [6.45, 7) is 3.05. The summed E-state index contributed by atoms with van der Waals surface area (Å²) < 4.78 is 0. The van der Waals surface area contributed by atoms with E-state index < -0.39 is 0 Å². The van der Waals surface area contributed by atoms with Crippen LogP contribution in [0.2, 0.25) is 0 Å². The molecule has 1 aromatic carbocycles. The first-order valence-corrected chi connectivity index (χ1v) is 5.05. The molecule has 0 aromatic heterocycles. The van der Waals surface area contributed by atoms with E-state index in [2.05, 4.69) is 31.2 Å². The topological polar surface area (TPSA) is 26.0 Å². The number of aryl methyl sites for hydroxylation is 1. The van der Waals surface area contributed by atoms with Gasteiger partial charge in [0.25, 0.3) is 0 Å². The molecule has 1 aliphatic rings. The molecule has 0 heterocycles. The van der Waals surface area contributed by atoms with Crippen molar-refractivity contribution in [2.45, 2.75) is 31.6 Å². The summed E-state index contributed by atoms with van der Waals surface area (Å²) in [5.74, 6) is 0. The first-order chi connectivity index (χ1) is 6.26. The highest BCUT2D eigenvalue weighted by atomic mass is 14.6. The van der Waals surface area contributed by atoms with Crippen LogP contribution in [0.3, 0.4) is 0 Å². The number of nitrogens with two attached hydrogens (primary N) is 1. The van der Waals surface area contributed by atoms with Crippen LogP contribution in [0.4, 0.5) is 0 Å². The molecule has 1 heteroatoms. The molecular formula is C12H17N. The van der Waals surface area contributed by atoms with Crippen LogP contribution < -0.4 is 5.73 Å². The number of benzene rings is 1. The highest BCUT2D eigenvalue weighted by Gasteiger charge is 2.29. The normalized spacial score (nSPS) is 26.9. The molecule has 13 heavy (non-hydrogen) atoms. The van der Waals surface area contributed by atoms with Gasteiger partial charge in [-0.2, -0.15) is 0 Å². The van der Waals surface area contributed by atoms with Gasteiger partial charge in [-0.15, -0.1) is 0 Å². The molecular weight excluding hydrogens is 158 g/mol. The molecule has 2 rings (SSSR count). The molecule has 1 unspecified atom stereocenters. The van der Waals surface area contributed by atoms with Gasteiger partial charge in [0.2, 0.25) is 0 Å². The highest BCUT2D eigenvalue weighted by Crippen LogP contribution is 2.35. The number of hydrogen-bond acceptors (Lipinski definition) is 1. The zero-order valence-electron chi connectivity index (χ0n) is 8.22. The third-order valence-electron chi connectivity index (χ3n) is 3.29. The minimum Gasteiger partial charge on any atom is -0.330 e. The van der Waals surface area contributed by atoms with E-state index in [0.717, 1.165) is 6.54 Å². The molecule has 1 atom stereocenters. The van der Waals surface area contributed by atoms with E-state index in [-0.39, 0.29) is 5.41 Å². The predicted molar refractivity (Wildman–Crippen MR) is 55.8 cm³/mol. The van der Waals surface area contributed by atoms with Crippen molar-refractivity contribution in [3.8, 4) is 0 Å². The van der Waals surface area contributed by atoms with Crippen molar-refractivity contribution in [2.24, 2.45) is 5.73 Å². The zero-order chi connectivity index (χ0) is 9.31. The Bertz CT molecular complexity index is 306. The largest absolute Gasteiger partial charge is 0.330 e. The summed E-state index contributed by atoms with van der Waals surface area (Å²) in [4.78, 5) is 0. The van der Waals surface area contributed by atoms with Gasteiger partial charge in [0.05, 0.1) is 0 Å². The third-order valence-corrected chi connectivity index (χ3v) is 3.29. The van der Waals surface area contributed by atoms with Crippen molar-refractivity contribution in [2.75, 3.05) is 6.54 Å². The van der Waals surface area contributed by atoms with E-state index >= 15 is 0 Å². The van der Waals surface area contributed by atoms with Gasteiger partial charge < -0.3 is 5.73 Å². The van der Waals surface area contributed by atoms with E-state index in [0.29, 0.717) is 0 Å². The van der Waals surface area contributed by atoms with Crippen LogP contribution in [-0.2, 0) is 11.8 Å². The van der Waals surface area contributed by atoms with Gasteiger partial charge in [0, 0.05) is 12.0 Å². The van der Waals surface area contributed by atoms with Gasteiger partial charge in [-0.1, -0.05) is 31.2 Å². The van der Waals surface area contributed by atoms with E-state index in [1.165, 1.54) is 30.4 Å². The van der Waals surface area contributed by atoms with Crippen molar-refractivity contribution in [1.29, 1.82) is 0 Å². The molecule has 0 saturated carbocycles. The minimum absolute atomic E-state index is 0.231. The minimum atomic E-state index is 0.231. The van der Waals surface area contributed by atoms with E-state index in [1.807, 2.05) is 0 Å². The van der Waals surface area contributed by atoms with Crippen LogP contribution in [-0.4, -0.2) is 6.54 Å². The lowest BCUT2D eigenvalue weighted by atomic mass is 9.71. The highest BCUT2D eigenvalue weighted by molar-refractivity contribution is 5.36. The summed E-state index contributed by atoms with van der Waals surface area (Å²) >= 11 is 0. The van der Waals surface area contributed by atoms with Crippen molar-refractivity contribution < 1.29 is 0 Å². The molecule has 0 amide bonds. The monoisotopic (exact) mass is 175 g/mol. The zero-order valence-corrected chi connectivity index (χ0v) is 8.22. The Labute approximate surface area is 80.0 Å². The van der Waals surface area contributed by atoms with Crippen LogP contribution in [0.15, 0.2) is 24.3 Å². The molecule has 0 radical (unpaired) electrons. The van der Waals surface area contributed by atoms with E-state index in [4.69, 9.17) is 5.73 Å². The Morgan fingerprint density at radius 1 is 1.38 bits per heavy atom. The Morgan fingerprint density at radius 2 is 2.15 bits per heavy atom. The van der Waals surface area contributed by atoms with Gasteiger partial charge in [-0.25, -0.2) is 0 Å². The molecule has 0 spiro atoms. The summed E-state index contributed by atoms with van der Waals surface area (Å²) in [5, 5.41) is 0.